The first kappa shape index (κ1) is 10.3. The second kappa shape index (κ2) is 3.96. The molecular weight excluding hydrogens is 208 g/mol. The van der Waals surface area contributed by atoms with Crippen LogP contribution in [0.3, 0.4) is 0 Å². The molecule has 0 aromatic heterocycles. The molecule has 0 aliphatic carbocycles. The second-order valence-corrected chi connectivity index (χ2v) is 2.67. The summed E-state index contributed by atoms with van der Waals surface area (Å²) in [5.41, 5.74) is -1.20. The lowest BCUT2D eigenvalue weighted by Gasteiger charge is -2.05. The summed E-state index contributed by atoms with van der Waals surface area (Å²) in [5, 5.41) is 0. The van der Waals surface area contributed by atoms with Gasteiger partial charge in [0, 0.05) is 5.56 Å². The molecule has 1 rings (SSSR count). The monoisotopic (exact) mass is 212 g/mol. The van der Waals surface area contributed by atoms with Crippen molar-refractivity contribution in [1.82, 2.24) is 0 Å². The zero-order valence-corrected chi connectivity index (χ0v) is 7.08. The Morgan fingerprint density at radius 1 is 1.23 bits per heavy atom. The minimum absolute atomic E-state index is 0.253. The number of alkyl halides is 3. The molecule has 0 unspecified atom stereocenters. The quantitative estimate of drug-likeness (QED) is 0.519. The summed E-state index contributed by atoms with van der Waals surface area (Å²) in [7, 11) is 0. The maximum absolute atomic E-state index is 13.0. The highest BCUT2D eigenvalue weighted by atomic mass is 35.5. The van der Waals surface area contributed by atoms with Crippen LogP contribution < -0.4 is 0 Å². The van der Waals surface area contributed by atoms with Crippen molar-refractivity contribution in [1.29, 1.82) is 0 Å². The number of hydrogen-bond acceptors (Lipinski definition) is 0. The summed E-state index contributed by atoms with van der Waals surface area (Å²) in [6.45, 7) is 0. The topological polar surface area (TPSA) is 0 Å². The van der Waals surface area contributed by atoms with Crippen LogP contribution in [0.4, 0.5) is 17.6 Å². The van der Waals surface area contributed by atoms with Crippen LogP contribution in [-0.2, 0) is 5.88 Å². The standard InChI is InChI=1S/C8H5ClF4/c9-3-4-1-5(10)2-6(7(4)11)8(12)13/h1-2,8H,3H2. The van der Waals surface area contributed by atoms with Crippen molar-refractivity contribution in [3.05, 3.63) is 34.9 Å². The fourth-order valence-electron chi connectivity index (χ4n) is 0.925. The van der Waals surface area contributed by atoms with Crippen LogP contribution >= 0.6 is 11.6 Å². The van der Waals surface area contributed by atoms with Gasteiger partial charge in [0.25, 0.3) is 6.43 Å². The van der Waals surface area contributed by atoms with Crippen molar-refractivity contribution in [2.45, 2.75) is 12.3 Å². The Morgan fingerprint density at radius 2 is 1.85 bits per heavy atom. The fourth-order valence-corrected chi connectivity index (χ4v) is 1.12. The third-order valence-electron chi connectivity index (χ3n) is 1.52. The molecule has 5 heteroatoms. The molecule has 0 nitrogen and oxygen atoms in total. The van der Waals surface area contributed by atoms with Gasteiger partial charge in [-0.05, 0) is 12.1 Å². The van der Waals surface area contributed by atoms with Crippen LogP contribution in [0.25, 0.3) is 0 Å². The molecule has 0 atom stereocenters. The van der Waals surface area contributed by atoms with E-state index in [0.717, 1.165) is 6.07 Å². The summed E-state index contributed by atoms with van der Waals surface area (Å²) in [4.78, 5) is 0. The van der Waals surface area contributed by atoms with Gasteiger partial charge < -0.3 is 0 Å². The van der Waals surface area contributed by atoms with E-state index in [4.69, 9.17) is 11.6 Å². The smallest absolute Gasteiger partial charge is 0.207 e. The first-order valence-corrected chi connectivity index (χ1v) is 3.91. The van der Waals surface area contributed by atoms with E-state index in [-0.39, 0.29) is 11.4 Å². The lowest BCUT2D eigenvalue weighted by Crippen LogP contribution is -1.97. The maximum Gasteiger partial charge on any atom is 0.266 e. The Bertz CT molecular complexity index is 311. The van der Waals surface area contributed by atoms with Crippen molar-refractivity contribution in [2.24, 2.45) is 0 Å². The van der Waals surface area contributed by atoms with Gasteiger partial charge in [-0.25, -0.2) is 17.6 Å². The van der Waals surface area contributed by atoms with Gasteiger partial charge in [0.1, 0.15) is 11.6 Å². The molecule has 1 aromatic carbocycles. The maximum atomic E-state index is 13.0. The summed E-state index contributed by atoms with van der Waals surface area (Å²) in [6, 6.07) is 1.27. The molecule has 1 aromatic rings. The summed E-state index contributed by atoms with van der Waals surface area (Å²) < 4.78 is 49.7. The summed E-state index contributed by atoms with van der Waals surface area (Å²) in [5.74, 6) is -2.37. The highest BCUT2D eigenvalue weighted by Gasteiger charge is 2.17. The van der Waals surface area contributed by atoms with Gasteiger partial charge in [0.15, 0.2) is 0 Å². The van der Waals surface area contributed by atoms with Crippen molar-refractivity contribution in [3.63, 3.8) is 0 Å². The highest BCUT2D eigenvalue weighted by Crippen LogP contribution is 2.26. The van der Waals surface area contributed by atoms with Gasteiger partial charge in [-0.15, -0.1) is 11.6 Å². The van der Waals surface area contributed by atoms with E-state index in [1.807, 2.05) is 0 Å². The summed E-state index contributed by atoms with van der Waals surface area (Å²) in [6.07, 6.45) is -3.03. The molecule has 0 amide bonds. The summed E-state index contributed by atoms with van der Waals surface area (Å²) >= 11 is 5.23. The van der Waals surface area contributed by atoms with E-state index in [2.05, 4.69) is 0 Å². The third kappa shape index (κ3) is 2.12. The molecule has 0 fully saturated rings. The van der Waals surface area contributed by atoms with E-state index >= 15 is 0 Å². The molecule has 0 radical (unpaired) electrons. The number of halogens is 5. The third-order valence-corrected chi connectivity index (χ3v) is 1.81. The normalized spacial score (nSPS) is 10.9. The fraction of sp³-hybridized carbons (Fsp3) is 0.250. The lowest BCUT2D eigenvalue weighted by molar-refractivity contribution is 0.145. The first-order chi connectivity index (χ1) is 6.06. The minimum Gasteiger partial charge on any atom is -0.207 e. The molecule has 72 valence electrons. The SMILES string of the molecule is Fc1cc(CCl)c(F)c(C(F)F)c1. The van der Waals surface area contributed by atoms with E-state index in [1.165, 1.54) is 0 Å². The average Bonchev–Trinajstić information content (AvgIpc) is 2.08. The largest absolute Gasteiger partial charge is 0.266 e. The van der Waals surface area contributed by atoms with Crippen molar-refractivity contribution >= 4 is 11.6 Å². The minimum atomic E-state index is -3.03. The van der Waals surface area contributed by atoms with Gasteiger partial charge in [0.05, 0.1) is 11.4 Å². The predicted molar refractivity (Wildman–Crippen MR) is 40.9 cm³/mol. The Balaban J connectivity index is 3.27. The molecule has 0 spiro atoms. The molecule has 0 saturated carbocycles. The van der Waals surface area contributed by atoms with Gasteiger partial charge in [0.2, 0.25) is 0 Å². The Hall–Kier alpha value is -0.770. The zero-order chi connectivity index (χ0) is 10.0. The molecule has 0 saturated heterocycles. The molecule has 0 bridgehead atoms. The van der Waals surface area contributed by atoms with E-state index in [1.54, 1.807) is 0 Å². The lowest BCUT2D eigenvalue weighted by atomic mass is 10.1. The molecule has 13 heavy (non-hydrogen) atoms. The molecule has 0 N–H and O–H groups in total. The van der Waals surface area contributed by atoms with Crippen LogP contribution in [0.1, 0.15) is 17.6 Å². The van der Waals surface area contributed by atoms with Gasteiger partial charge in [-0.1, -0.05) is 0 Å². The first-order valence-electron chi connectivity index (χ1n) is 3.38. The second-order valence-electron chi connectivity index (χ2n) is 2.40. The molecule has 0 heterocycles. The van der Waals surface area contributed by atoms with E-state index in [0.29, 0.717) is 6.07 Å². The molecular formula is C8H5ClF4. The van der Waals surface area contributed by atoms with Gasteiger partial charge >= 0.3 is 0 Å². The van der Waals surface area contributed by atoms with Crippen LogP contribution in [-0.4, -0.2) is 0 Å². The Labute approximate surface area is 77.1 Å². The van der Waals surface area contributed by atoms with Crippen LogP contribution in [0.2, 0.25) is 0 Å². The predicted octanol–water partition coefficient (Wildman–Crippen LogP) is 3.64. The average molecular weight is 213 g/mol. The van der Waals surface area contributed by atoms with Crippen molar-refractivity contribution in [2.75, 3.05) is 0 Å². The molecule has 0 aliphatic rings. The Morgan fingerprint density at radius 3 is 2.31 bits per heavy atom. The number of rotatable bonds is 2. The van der Waals surface area contributed by atoms with E-state index in [9.17, 15) is 17.6 Å². The van der Waals surface area contributed by atoms with Crippen molar-refractivity contribution in [3.8, 4) is 0 Å². The van der Waals surface area contributed by atoms with Gasteiger partial charge in [-0.3, -0.25) is 0 Å². The Kier molecular flexibility index (Phi) is 3.14. The van der Waals surface area contributed by atoms with Crippen LogP contribution in [0.5, 0.6) is 0 Å². The highest BCUT2D eigenvalue weighted by molar-refractivity contribution is 6.17. The zero-order valence-electron chi connectivity index (χ0n) is 6.33. The molecule has 0 aliphatic heterocycles. The van der Waals surface area contributed by atoms with Crippen molar-refractivity contribution < 1.29 is 17.6 Å². The van der Waals surface area contributed by atoms with Gasteiger partial charge in [-0.2, -0.15) is 0 Å². The number of benzene rings is 1. The number of hydrogen-bond donors (Lipinski definition) is 0. The van der Waals surface area contributed by atoms with E-state index < -0.39 is 23.6 Å². The van der Waals surface area contributed by atoms with Crippen LogP contribution in [0, 0.1) is 11.6 Å². The van der Waals surface area contributed by atoms with Crippen LogP contribution in [0.15, 0.2) is 12.1 Å².